The van der Waals surface area contributed by atoms with Gasteiger partial charge in [0.05, 0.1) is 11.3 Å². The lowest BCUT2D eigenvalue weighted by atomic mass is 10.0. The molecule has 2 heterocycles. The van der Waals surface area contributed by atoms with Crippen LogP contribution in [0.5, 0.6) is 0 Å². The van der Waals surface area contributed by atoms with Crippen LogP contribution in [-0.2, 0) is 6.42 Å². The first-order valence-corrected chi connectivity index (χ1v) is 9.51. The van der Waals surface area contributed by atoms with Gasteiger partial charge in [0, 0.05) is 31.9 Å². The third kappa shape index (κ3) is 4.32. The van der Waals surface area contributed by atoms with Crippen molar-refractivity contribution >= 4 is 5.91 Å². The lowest BCUT2D eigenvalue weighted by Crippen LogP contribution is -2.45. The van der Waals surface area contributed by atoms with Crippen molar-refractivity contribution in [3.8, 4) is 0 Å². The molecule has 24 heavy (non-hydrogen) atoms. The average Bonchev–Trinajstić information content (AvgIpc) is 3.09. The van der Waals surface area contributed by atoms with Gasteiger partial charge in [-0.2, -0.15) is 0 Å². The first-order chi connectivity index (χ1) is 11.7. The fraction of sp³-hybridized carbons (Fsp3) is 0.737. The second-order valence-electron chi connectivity index (χ2n) is 7.33. The number of piperidine rings is 1. The lowest BCUT2D eigenvalue weighted by Gasteiger charge is -2.33. The summed E-state index contributed by atoms with van der Waals surface area (Å²) < 4.78 is 0. The number of likely N-dealkylation sites (tertiary alicyclic amines) is 1. The molecule has 1 aliphatic carbocycles. The van der Waals surface area contributed by atoms with Gasteiger partial charge < -0.3 is 10.2 Å². The second-order valence-corrected chi connectivity index (χ2v) is 7.33. The molecule has 5 nitrogen and oxygen atoms in total. The van der Waals surface area contributed by atoms with Crippen molar-refractivity contribution < 1.29 is 4.79 Å². The molecule has 1 amide bonds. The highest BCUT2D eigenvalue weighted by atomic mass is 16.1. The molecule has 1 aliphatic heterocycles. The van der Waals surface area contributed by atoms with E-state index in [0.29, 0.717) is 5.56 Å². The quantitative estimate of drug-likeness (QED) is 0.902. The van der Waals surface area contributed by atoms with Gasteiger partial charge >= 0.3 is 0 Å². The van der Waals surface area contributed by atoms with Gasteiger partial charge in [-0.3, -0.25) is 4.79 Å². The van der Waals surface area contributed by atoms with E-state index in [1.165, 1.54) is 32.2 Å². The zero-order chi connectivity index (χ0) is 16.9. The minimum atomic E-state index is -0.0129. The van der Waals surface area contributed by atoms with Crippen molar-refractivity contribution in [1.82, 2.24) is 20.2 Å². The van der Waals surface area contributed by atoms with E-state index in [4.69, 9.17) is 0 Å². The Morgan fingerprint density at radius 2 is 1.96 bits per heavy atom. The standard InChI is InChI=1S/C19H30N4O/c1-3-18-17(12-20-14(2)21-18)19(24)22-16-8-10-23(11-9-16)13-15-6-4-5-7-15/h12,15-16H,3-11,13H2,1-2H3,(H,22,24). The third-order valence-corrected chi connectivity index (χ3v) is 5.48. The molecule has 3 rings (SSSR count). The molecule has 5 heteroatoms. The SMILES string of the molecule is CCc1nc(C)ncc1C(=O)NC1CCN(CC2CCCC2)CC1. The Labute approximate surface area is 145 Å². The van der Waals surface area contributed by atoms with Gasteiger partial charge in [-0.15, -0.1) is 0 Å². The molecule has 0 spiro atoms. The van der Waals surface area contributed by atoms with Crippen LogP contribution in [0.25, 0.3) is 0 Å². The van der Waals surface area contributed by atoms with Crippen LogP contribution >= 0.6 is 0 Å². The number of aryl methyl sites for hydroxylation is 2. The van der Waals surface area contributed by atoms with Crippen LogP contribution in [0.4, 0.5) is 0 Å². The van der Waals surface area contributed by atoms with Gasteiger partial charge in [-0.1, -0.05) is 19.8 Å². The summed E-state index contributed by atoms with van der Waals surface area (Å²) in [6.07, 6.45) is 10.2. The van der Waals surface area contributed by atoms with Gasteiger partial charge in [0.25, 0.3) is 5.91 Å². The molecule has 1 aromatic rings. The minimum absolute atomic E-state index is 0.0129. The molecule has 0 atom stereocenters. The highest BCUT2D eigenvalue weighted by Crippen LogP contribution is 2.26. The maximum absolute atomic E-state index is 12.6. The second kappa shape index (κ2) is 8.06. The lowest BCUT2D eigenvalue weighted by molar-refractivity contribution is 0.0904. The molecule has 1 saturated heterocycles. The first kappa shape index (κ1) is 17.3. The molecular formula is C19H30N4O. The number of rotatable bonds is 5. The molecular weight excluding hydrogens is 300 g/mol. The number of carbonyl (C=O) groups excluding carboxylic acids is 1. The highest BCUT2D eigenvalue weighted by molar-refractivity contribution is 5.95. The fourth-order valence-corrected chi connectivity index (χ4v) is 4.06. The number of nitrogens with zero attached hydrogens (tertiary/aromatic N) is 3. The zero-order valence-corrected chi connectivity index (χ0v) is 15.1. The van der Waals surface area contributed by atoms with Crippen molar-refractivity contribution in [3.05, 3.63) is 23.3 Å². The summed E-state index contributed by atoms with van der Waals surface area (Å²) in [7, 11) is 0. The number of aromatic nitrogens is 2. The number of amides is 1. The van der Waals surface area contributed by atoms with E-state index in [0.717, 1.165) is 49.8 Å². The summed E-state index contributed by atoms with van der Waals surface area (Å²) >= 11 is 0. The summed E-state index contributed by atoms with van der Waals surface area (Å²) in [6, 6.07) is 0.281. The number of nitrogens with one attached hydrogen (secondary N) is 1. The van der Waals surface area contributed by atoms with E-state index in [2.05, 4.69) is 20.2 Å². The van der Waals surface area contributed by atoms with Gasteiger partial charge in [0.1, 0.15) is 5.82 Å². The molecule has 0 bridgehead atoms. The van der Waals surface area contributed by atoms with Gasteiger partial charge in [-0.25, -0.2) is 9.97 Å². The van der Waals surface area contributed by atoms with Crippen LogP contribution in [0.3, 0.4) is 0 Å². The number of hydrogen-bond donors (Lipinski definition) is 1. The Kier molecular flexibility index (Phi) is 5.82. The van der Waals surface area contributed by atoms with Gasteiger partial charge in [-0.05, 0) is 44.9 Å². The summed E-state index contributed by atoms with van der Waals surface area (Å²) in [5.41, 5.74) is 1.48. The molecule has 132 valence electrons. The normalized spacial score (nSPS) is 20.4. The predicted octanol–water partition coefficient (Wildman–Crippen LogP) is 2.73. The molecule has 2 fully saturated rings. The maximum Gasteiger partial charge on any atom is 0.254 e. The molecule has 1 aromatic heterocycles. The zero-order valence-electron chi connectivity index (χ0n) is 15.1. The fourth-order valence-electron chi connectivity index (χ4n) is 4.06. The Morgan fingerprint density at radius 1 is 1.25 bits per heavy atom. The topological polar surface area (TPSA) is 58.1 Å². The number of hydrogen-bond acceptors (Lipinski definition) is 4. The molecule has 1 N–H and O–H groups in total. The van der Waals surface area contributed by atoms with Gasteiger partial charge in [0.15, 0.2) is 0 Å². The maximum atomic E-state index is 12.6. The predicted molar refractivity (Wildman–Crippen MR) is 95.0 cm³/mol. The smallest absolute Gasteiger partial charge is 0.254 e. The van der Waals surface area contributed by atoms with E-state index in [1.807, 2.05) is 13.8 Å². The molecule has 2 aliphatic rings. The molecule has 0 aromatic carbocycles. The largest absolute Gasteiger partial charge is 0.349 e. The molecule has 0 unspecified atom stereocenters. The van der Waals surface area contributed by atoms with Crippen LogP contribution in [0.1, 0.15) is 67.3 Å². The summed E-state index contributed by atoms with van der Waals surface area (Å²) in [5.74, 6) is 1.62. The van der Waals surface area contributed by atoms with Crippen molar-refractivity contribution in [2.75, 3.05) is 19.6 Å². The van der Waals surface area contributed by atoms with Crippen LogP contribution in [-0.4, -0.2) is 46.5 Å². The summed E-state index contributed by atoms with van der Waals surface area (Å²) in [5, 5.41) is 3.20. The Bertz CT molecular complexity index is 560. The van der Waals surface area contributed by atoms with E-state index >= 15 is 0 Å². The third-order valence-electron chi connectivity index (χ3n) is 5.48. The minimum Gasteiger partial charge on any atom is -0.349 e. The molecule has 0 radical (unpaired) electrons. The molecule has 1 saturated carbocycles. The average molecular weight is 330 g/mol. The monoisotopic (exact) mass is 330 g/mol. The van der Waals surface area contributed by atoms with Crippen molar-refractivity contribution in [2.45, 2.75) is 64.8 Å². The highest BCUT2D eigenvalue weighted by Gasteiger charge is 2.25. The number of carbonyl (C=O) groups is 1. The van der Waals surface area contributed by atoms with Crippen LogP contribution < -0.4 is 5.32 Å². The van der Waals surface area contributed by atoms with E-state index in [-0.39, 0.29) is 11.9 Å². The Hall–Kier alpha value is -1.49. The Morgan fingerprint density at radius 3 is 2.62 bits per heavy atom. The summed E-state index contributed by atoms with van der Waals surface area (Å²) in [6.45, 7) is 7.35. The van der Waals surface area contributed by atoms with Crippen molar-refractivity contribution in [3.63, 3.8) is 0 Å². The summed E-state index contributed by atoms with van der Waals surface area (Å²) in [4.78, 5) is 23.7. The van der Waals surface area contributed by atoms with Gasteiger partial charge in [0.2, 0.25) is 0 Å². The first-order valence-electron chi connectivity index (χ1n) is 9.51. The van der Waals surface area contributed by atoms with E-state index in [9.17, 15) is 4.79 Å². The van der Waals surface area contributed by atoms with E-state index in [1.54, 1.807) is 6.20 Å². The van der Waals surface area contributed by atoms with Crippen LogP contribution in [0.2, 0.25) is 0 Å². The van der Waals surface area contributed by atoms with E-state index < -0.39 is 0 Å². The Balaban J connectivity index is 1.49. The van der Waals surface area contributed by atoms with Crippen molar-refractivity contribution in [2.24, 2.45) is 5.92 Å². The van der Waals surface area contributed by atoms with Crippen LogP contribution in [0.15, 0.2) is 6.20 Å². The van der Waals surface area contributed by atoms with Crippen LogP contribution in [0, 0.1) is 12.8 Å². The van der Waals surface area contributed by atoms with Crippen molar-refractivity contribution in [1.29, 1.82) is 0 Å².